The van der Waals surface area contributed by atoms with Crippen LogP contribution in [0.5, 0.6) is 11.5 Å². The molecular formula is C26H25N3O5. The fourth-order valence-corrected chi connectivity index (χ4v) is 3.52. The summed E-state index contributed by atoms with van der Waals surface area (Å²) in [6.07, 6.45) is 0. The summed E-state index contributed by atoms with van der Waals surface area (Å²) in [6, 6.07) is 19.7. The van der Waals surface area contributed by atoms with E-state index in [9.17, 15) is 14.4 Å². The van der Waals surface area contributed by atoms with Crippen LogP contribution in [-0.2, 0) is 14.4 Å². The summed E-state index contributed by atoms with van der Waals surface area (Å²) in [4.78, 5) is 38.9. The summed E-state index contributed by atoms with van der Waals surface area (Å²) in [5, 5.41) is 5.54. The topological polar surface area (TPSA) is 97.0 Å². The molecule has 0 atom stereocenters. The molecule has 0 bridgehead atoms. The van der Waals surface area contributed by atoms with Crippen molar-refractivity contribution in [2.75, 3.05) is 35.3 Å². The first kappa shape index (κ1) is 22.8. The van der Waals surface area contributed by atoms with Crippen molar-refractivity contribution in [2.45, 2.75) is 13.8 Å². The summed E-state index contributed by atoms with van der Waals surface area (Å²) in [7, 11) is 0. The van der Waals surface area contributed by atoms with Crippen LogP contribution in [0, 0.1) is 13.8 Å². The Morgan fingerprint density at radius 3 is 2.50 bits per heavy atom. The number of ether oxygens (including phenoxy) is 2. The van der Waals surface area contributed by atoms with Crippen molar-refractivity contribution < 1.29 is 23.9 Å². The Bertz CT molecular complexity index is 1230. The van der Waals surface area contributed by atoms with Gasteiger partial charge in [-0.2, -0.15) is 0 Å². The average molecular weight is 460 g/mol. The molecule has 0 fully saturated rings. The van der Waals surface area contributed by atoms with Crippen molar-refractivity contribution in [3.8, 4) is 11.5 Å². The molecule has 34 heavy (non-hydrogen) atoms. The molecular weight excluding hydrogens is 434 g/mol. The van der Waals surface area contributed by atoms with Gasteiger partial charge >= 0.3 is 0 Å². The Hall–Kier alpha value is -4.33. The number of benzene rings is 3. The molecule has 0 aliphatic carbocycles. The number of rotatable bonds is 7. The molecule has 8 heteroatoms. The largest absolute Gasteiger partial charge is 0.483 e. The number of hydrogen-bond acceptors (Lipinski definition) is 5. The predicted molar refractivity (Wildman–Crippen MR) is 129 cm³/mol. The van der Waals surface area contributed by atoms with E-state index in [4.69, 9.17) is 9.47 Å². The predicted octanol–water partition coefficient (Wildman–Crippen LogP) is 3.69. The zero-order valence-corrected chi connectivity index (χ0v) is 19.0. The summed E-state index contributed by atoms with van der Waals surface area (Å²) in [5.74, 6) is 0.0606. The lowest BCUT2D eigenvalue weighted by Gasteiger charge is -2.29. The summed E-state index contributed by atoms with van der Waals surface area (Å²) in [5.41, 5.74) is 3.48. The van der Waals surface area contributed by atoms with Crippen molar-refractivity contribution in [2.24, 2.45) is 0 Å². The van der Waals surface area contributed by atoms with Gasteiger partial charge < -0.3 is 20.1 Å². The fourth-order valence-electron chi connectivity index (χ4n) is 3.52. The van der Waals surface area contributed by atoms with Gasteiger partial charge in [-0.15, -0.1) is 0 Å². The number of carbonyl (C=O) groups is 3. The number of anilines is 3. The van der Waals surface area contributed by atoms with E-state index in [2.05, 4.69) is 10.6 Å². The van der Waals surface area contributed by atoms with Gasteiger partial charge in [0.15, 0.2) is 13.2 Å². The minimum absolute atomic E-state index is 0.166. The smallest absolute Gasteiger partial charge is 0.265 e. The van der Waals surface area contributed by atoms with Gasteiger partial charge in [0.2, 0.25) is 5.91 Å². The first-order valence-corrected chi connectivity index (χ1v) is 10.8. The summed E-state index contributed by atoms with van der Waals surface area (Å²) >= 11 is 0. The summed E-state index contributed by atoms with van der Waals surface area (Å²) in [6.45, 7) is 3.35. The minimum atomic E-state index is -0.350. The van der Waals surface area contributed by atoms with Gasteiger partial charge in [-0.3, -0.25) is 19.3 Å². The van der Waals surface area contributed by atoms with Gasteiger partial charge in [0.1, 0.15) is 18.0 Å². The number of aryl methyl sites for hydroxylation is 2. The van der Waals surface area contributed by atoms with Crippen molar-refractivity contribution in [1.29, 1.82) is 0 Å². The van der Waals surface area contributed by atoms with Crippen LogP contribution in [0.1, 0.15) is 11.1 Å². The molecule has 4 rings (SSSR count). The van der Waals surface area contributed by atoms with Crippen molar-refractivity contribution in [3.05, 3.63) is 77.9 Å². The van der Waals surface area contributed by atoms with Crippen LogP contribution >= 0.6 is 0 Å². The third-order valence-corrected chi connectivity index (χ3v) is 5.25. The van der Waals surface area contributed by atoms with E-state index >= 15 is 0 Å². The second kappa shape index (κ2) is 10.1. The Morgan fingerprint density at radius 1 is 0.941 bits per heavy atom. The van der Waals surface area contributed by atoms with Gasteiger partial charge in [0.25, 0.3) is 11.8 Å². The number of fused-ring (bicyclic) bond motifs is 1. The van der Waals surface area contributed by atoms with Crippen LogP contribution in [0.15, 0.2) is 66.7 Å². The first-order valence-electron chi connectivity index (χ1n) is 10.8. The molecule has 0 unspecified atom stereocenters. The van der Waals surface area contributed by atoms with E-state index in [1.165, 1.54) is 4.90 Å². The van der Waals surface area contributed by atoms with Crippen LogP contribution < -0.4 is 25.0 Å². The molecule has 0 saturated heterocycles. The summed E-state index contributed by atoms with van der Waals surface area (Å²) < 4.78 is 11.2. The number of amides is 3. The van der Waals surface area contributed by atoms with Crippen molar-refractivity contribution in [1.82, 2.24) is 0 Å². The highest BCUT2D eigenvalue weighted by Crippen LogP contribution is 2.34. The number of nitrogens with one attached hydrogen (secondary N) is 2. The Kier molecular flexibility index (Phi) is 6.77. The SMILES string of the molecule is Cc1ccc(C)c(OCC(=O)Nc2ccc3c(c2)N(CC(=O)Nc2ccccc2)C(=O)CO3)c1. The van der Waals surface area contributed by atoms with Crippen molar-refractivity contribution >= 4 is 34.8 Å². The van der Waals surface area contributed by atoms with Crippen LogP contribution in [0.25, 0.3) is 0 Å². The van der Waals surface area contributed by atoms with E-state index in [0.717, 1.165) is 11.1 Å². The first-order chi connectivity index (χ1) is 16.4. The number of para-hydroxylation sites is 1. The lowest BCUT2D eigenvalue weighted by atomic mass is 10.1. The second-order valence-electron chi connectivity index (χ2n) is 7.97. The molecule has 3 aromatic carbocycles. The normalized spacial score (nSPS) is 12.4. The highest BCUT2D eigenvalue weighted by Gasteiger charge is 2.28. The molecule has 0 aromatic heterocycles. The number of nitrogens with zero attached hydrogens (tertiary/aromatic N) is 1. The highest BCUT2D eigenvalue weighted by atomic mass is 16.5. The van der Waals surface area contributed by atoms with E-state index in [-0.39, 0.29) is 37.5 Å². The molecule has 1 aliphatic rings. The number of carbonyl (C=O) groups excluding carboxylic acids is 3. The molecule has 0 spiro atoms. The maximum absolute atomic E-state index is 12.5. The monoisotopic (exact) mass is 459 g/mol. The van der Waals surface area contributed by atoms with Gasteiger partial charge in [-0.25, -0.2) is 0 Å². The maximum atomic E-state index is 12.5. The molecule has 1 heterocycles. The quantitative estimate of drug-likeness (QED) is 0.562. The maximum Gasteiger partial charge on any atom is 0.265 e. The van der Waals surface area contributed by atoms with Crippen LogP contribution in [-0.4, -0.2) is 37.5 Å². The highest BCUT2D eigenvalue weighted by molar-refractivity contribution is 6.05. The fraction of sp³-hybridized carbons (Fsp3) is 0.192. The molecule has 0 radical (unpaired) electrons. The third-order valence-electron chi connectivity index (χ3n) is 5.25. The Labute approximate surface area is 197 Å². The Balaban J connectivity index is 1.43. The molecule has 3 amide bonds. The lowest BCUT2D eigenvalue weighted by molar-refractivity contribution is -0.123. The van der Waals surface area contributed by atoms with Crippen LogP contribution in [0.4, 0.5) is 17.1 Å². The van der Waals surface area contributed by atoms with Crippen LogP contribution in [0.3, 0.4) is 0 Å². The van der Waals surface area contributed by atoms with Gasteiger partial charge in [-0.1, -0.05) is 30.3 Å². The zero-order chi connectivity index (χ0) is 24.1. The average Bonchev–Trinajstić information content (AvgIpc) is 2.82. The van der Waals surface area contributed by atoms with E-state index in [1.807, 2.05) is 50.2 Å². The van der Waals surface area contributed by atoms with Crippen LogP contribution in [0.2, 0.25) is 0 Å². The van der Waals surface area contributed by atoms with Gasteiger partial charge in [-0.05, 0) is 61.4 Å². The molecule has 8 nitrogen and oxygen atoms in total. The van der Waals surface area contributed by atoms with Gasteiger partial charge in [0.05, 0.1) is 5.69 Å². The molecule has 1 aliphatic heterocycles. The Morgan fingerprint density at radius 2 is 1.71 bits per heavy atom. The zero-order valence-electron chi connectivity index (χ0n) is 19.0. The van der Waals surface area contributed by atoms with Gasteiger partial charge in [0, 0.05) is 11.4 Å². The number of hydrogen-bond donors (Lipinski definition) is 2. The van der Waals surface area contributed by atoms with Crippen molar-refractivity contribution in [3.63, 3.8) is 0 Å². The molecule has 174 valence electrons. The standard InChI is InChI=1S/C26H25N3O5/c1-17-8-9-18(2)23(12-17)33-15-25(31)28-20-10-11-22-21(13-20)29(26(32)16-34-22)14-24(30)27-19-6-4-3-5-7-19/h3-13H,14-16H2,1-2H3,(H,27,30)(H,28,31). The van der Waals surface area contributed by atoms with E-state index in [1.54, 1.807) is 30.3 Å². The molecule has 3 aromatic rings. The molecule has 2 N–H and O–H groups in total. The van der Waals surface area contributed by atoms with E-state index in [0.29, 0.717) is 28.6 Å². The third kappa shape index (κ3) is 5.53. The lowest BCUT2D eigenvalue weighted by Crippen LogP contribution is -2.43. The van der Waals surface area contributed by atoms with E-state index < -0.39 is 0 Å². The second-order valence-corrected chi connectivity index (χ2v) is 7.97. The minimum Gasteiger partial charge on any atom is -0.483 e. The molecule has 0 saturated carbocycles.